The summed E-state index contributed by atoms with van der Waals surface area (Å²) in [5.41, 5.74) is 0. The summed E-state index contributed by atoms with van der Waals surface area (Å²) in [6, 6.07) is 0. The van der Waals surface area contributed by atoms with Gasteiger partial charge in [0, 0.05) is 25.5 Å². The topological polar surface area (TPSA) is 40.6 Å². The van der Waals surface area contributed by atoms with Crippen molar-refractivity contribution in [3.63, 3.8) is 0 Å². The third kappa shape index (κ3) is 8.72. The summed E-state index contributed by atoms with van der Waals surface area (Å²) in [6.45, 7) is 8.07. The second kappa shape index (κ2) is 12.1. The third-order valence-corrected chi connectivity index (χ3v) is 3.20. The molecule has 0 fully saturated rings. The first kappa shape index (κ1) is 16.6. The predicted molar refractivity (Wildman–Crippen MR) is 79.4 cm³/mol. The fraction of sp³-hybridized carbons (Fsp3) is 0.167. The normalized spacial score (nSPS) is 10.4. The zero-order chi connectivity index (χ0) is 13.6. The second-order valence-electron chi connectivity index (χ2n) is 2.94. The maximum absolute atomic E-state index is 10.6. The van der Waals surface area contributed by atoms with E-state index < -0.39 is 0 Å². The minimum absolute atomic E-state index is 0.485. The maximum atomic E-state index is 10.6. The molecule has 6 heteroatoms. The average molecular weight is 284 g/mol. The van der Waals surface area contributed by atoms with Crippen LogP contribution in [0.3, 0.4) is 0 Å². The Morgan fingerprint density at radius 2 is 1.22 bits per heavy atom. The van der Waals surface area contributed by atoms with Crippen molar-refractivity contribution in [2.45, 2.75) is 0 Å². The fourth-order valence-corrected chi connectivity index (χ4v) is 2.07. The van der Waals surface area contributed by atoms with Crippen LogP contribution >= 0.6 is 21.6 Å². The number of nitrogens with zero attached hydrogens (tertiary/aromatic N) is 2. The molecule has 98 valence electrons. The largest absolute Gasteiger partial charge is 0.317 e. The van der Waals surface area contributed by atoms with Crippen LogP contribution in [0.15, 0.2) is 48.5 Å². The Hall–Kier alpha value is -1.40. The lowest BCUT2D eigenvalue weighted by atomic mass is 10.6. The second-order valence-corrected chi connectivity index (χ2v) is 5.03. The van der Waals surface area contributed by atoms with Crippen molar-refractivity contribution in [1.29, 1.82) is 0 Å². The number of hydrogen-bond acceptors (Lipinski definition) is 4. The van der Waals surface area contributed by atoms with E-state index in [4.69, 9.17) is 0 Å². The van der Waals surface area contributed by atoms with E-state index in [9.17, 15) is 9.59 Å². The van der Waals surface area contributed by atoms with E-state index in [1.165, 1.54) is 31.4 Å². The van der Waals surface area contributed by atoms with E-state index in [0.717, 1.165) is 12.8 Å². The molecule has 0 atom stereocenters. The van der Waals surface area contributed by atoms with Gasteiger partial charge >= 0.3 is 0 Å². The first-order chi connectivity index (χ1) is 8.78. The monoisotopic (exact) mass is 284 g/mol. The number of amides is 2. The van der Waals surface area contributed by atoms with Gasteiger partial charge in [-0.25, -0.2) is 0 Å². The Balaban J connectivity index is 3.89. The SMILES string of the molecule is C=CCN(C=O)/C=C/SS/C=C/N(C=O)CC=C. The summed E-state index contributed by atoms with van der Waals surface area (Å²) >= 11 is 0. The molecule has 0 aliphatic rings. The molecule has 0 aliphatic heterocycles. The van der Waals surface area contributed by atoms with Crippen molar-refractivity contribution >= 4 is 34.4 Å². The third-order valence-electron chi connectivity index (χ3n) is 1.62. The lowest BCUT2D eigenvalue weighted by Gasteiger charge is -2.07. The highest BCUT2D eigenvalue weighted by Crippen LogP contribution is 2.23. The van der Waals surface area contributed by atoms with Crippen LogP contribution in [0.2, 0.25) is 0 Å². The minimum Gasteiger partial charge on any atom is -0.317 e. The molecular formula is C12H16N2O2S2. The van der Waals surface area contributed by atoms with Gasteiger partial charge in [-0.15, -0.1) is 13.2 Å². The predicted octanol–water partition coefficient (Wildman–Crippen LogP) is 2.60. The molecule has 0 saturated carbocycles. The Labute approximate surface area is 115 Å². The Kier molecular flexibility index (Phi) is 11.1. The van der Waals surface area contributed by atoms with Gasteiger partial charge in [0.05, 0.1) is 0 Å². The summed E-state index contributed by atoms with van der Waals surface area (Å²) in [7, 11) is 2.88. The number of rotatable bonds is 11. The Morgan fingerprint density at radius 1 is 0.833 bits per heavy atom. The van der Waals surface area contributed by atoms with E-state index in [0.29, 0.717) is 13.1 Å². The summed E-state index contributed by atoms with van der Waals surface area (Å²) in [5, 5.41) is 3.57. The number of carbonyl (C=O) groups excluding carboxylic acids is 2. The van der Waals surface area contributed by atoms with Crippen LogP contribution in [-0.2, 0) is 9.59 Å². The number of hydrogen-bond donors (Lipinski definition) is 0. The van der Waals surface area contributed by atoms with Gasteiger partial charge in [-0.2, -0.15) is 0 Å². The van der Waals surface area contributed by atoms with Crippen LogP contribution in [0.25, 0.3) is 0 Å². The maximum Gasteiger partial charge on any atom is 0.213 e. The lowest BCUT2D eigenvalue weighted by molar-refractivity contribution is -0.116. The highest BCUT2D eigenvalue weighted by Gasteiger charge is 1.92. The van der Waals surface area contributed by atoms with Crippen molar-refractivity contribution in [1.82, 2.24) is 9.80 Å². The van der Waals surface area contributed by atoms with E-state index in [-0.39, 0.29) is 0 Å². The Bertz CT molecular complexity index is 298. The smallest absolute Gasteiger partial charge is 0.213 e. The zero-order valence-electron chi connectivity index (χ0n) is 9.97. The molecule has 0 aliphatic carbocycles. The average Bonchev–Trinajstić information content (AvgIpc) is 2.39. The summed E-state index contributed by atoms with van der Waals surface area (Å²) < 4.78 is 0. The molecule has 0 N–H and O–H groups in total. The van der Waals surface area contributed by atoms with E-state index in [2.05, 4.69) is 13.2 Å². The highest BCUT2D eigenvalue weighted by atomic mass is 33.1. The number of carbonyl (C=O) groups is 2. The van der Waals surface area contributed by atoms with Crippen molar-refractivity contribution in [2.24, 2.45) is 0 Å². The van der Waals surface area contributed by atoms with Crippen molar-refractivity contribution in [3.8, 4) is 0 Å². The fourth-order valence-electron chi connectivity index (χ4n) is 0.846. The van der Waals surface area contributed by atoms with Gasteiger partial charge in [-0.05, 0) is 10.8 Å². The van der Waals surface area contributed by atoms with Gasteiger partial charge in [-0.3, -0.25) is 9.59 Å². The molecule has 0 spiro atoms. The summed E-state index contributed by atoms with van der Waals surface area (Å²) in [5.74, 6) is 0. The molecule has 2 amide bonds. The summed E-state index contributed by atoms with van der Waals surface area (Å²) in [4.78, 5) is 24.1. The van der Waals surface area contributed by atoms with Gasteiger partial charge in [0.25, 0.3) is 0 Å². The van der Waals surface area contributed by atoms with Crippen LogP contribution in [0.5, 0.6) is 0 Å². The quantitative estimate of drug-likeness (QED) is 0.253. The molecule has 0 aromatic rings. The minimum atomic E-state index is 0.485. The molecule has 4 nitrogen and oxygen atoms in total. The van der Waals surface area contributed by atoms with Crippen molar-refractivity contribution in [2.75, 3.05) is 13.1 Å². The Morgan fingerprint density at radius 3 is 1.50 bits per heavy atom. The van der Waals surface area contributed by atoms with E-state index in [1.54, 1.807) is 35.4 Å². The zero-order valence-corrected chi connectivity index (χ0v) is 11.6. The van der Waals surface area contributed by atoms with E-state index in [1.807, 2.05) is 0 Å². The molecule has 18 heavy (non-hydrogen) atoms. The first-order valence-corrected chi connectivity index (χ1v) is 7.35. The molecule has 0 aromatic heterocycles. The first-order valence-electron chi connectivity index (χ1n) is 5.07. The van der Waals surface area contributed by atoms with Crippen LogP contribution in [0.1, 0.15) is 0 Å². The van der Waals surface area contributed by atoms with Gasteiger partial charge in [0.2, 0.25) is 12.8 Å². The molecule has 0 bridgehead atoms. The molecule has 0 unspecified atom stereocenters. The lowest BCUT2D eigenvalue weighted by Crippen LogP contribution is -2.13. The van der Waals surface area contributed by atoms with E-state index >= 15 is 0 Å². The van der Waals surface area contributed by atoms with Crippen molar-refractivity contribution in [3.05, 3.63) is 48.5 Å². The van der Waals surface area contributed by atoms with Gasteiger partial charge in [0.1, 0.15) is 0 Å². The van der Waals surface area contributed by atoms with Crippen LogP contribution < -0.4 is 0 Å². The van der Waals surface area contributed by atoms with Gasteiger partial charge < -0.3 is 9.80 Å². The molecule has 0 heterocycles. The van der Waals surface area contributed by atoms with Gasteiger partial charge in [-0.1, -0.05) is 33.7 Å². The summed E-state index contributed by atoms with van der Waals surface area (Å²) in [6.07, 6.45) is 8.10. The molecular weight excluding hydrogens is 268 g/mol. The van der Waals surface area contributed by atoms with Crippen LogP contribution in [0, 0.1) is 0 Å². The molecule has 0 rings (SSSR count). The van der Waals surface area contributed by atoms with Crippen LogP contribution in [-0.4, -0.2) is 35.7 Å². The van der Waals surface area contributed by atoms with Crippen molar-refractivity contribution < 1.29 is 9.59 Å². The molecule has 0 aromatic carbocycles. The van der Waals surface area contributed by atoms with Gasteiger partial charge in [0.15, 0.2) is 0 Å². The standard InChI is InChI=1S/C12H16N2O2S2/c1-3-5-13(11-15)7-9-17-18-10-8-14(12-16)6-4-2/h3-4,7-12H,1-2,5-6H2/b9-7+,10-8+. The molecule has 0 radical (unpaired) electrons. The molecule has 0 saturated heterocycles. The van der Waals surface area contributed by atoms with Crippen LogP contribution in [0.4, 0.5) is 0 Å². The highest BCUT2D eigenvalue weighted by molar-refractivity contribution is 8.78.